The fraction of sp³-hybridized carbons (Fsp3) is 0.500. The highest BCUT2D eigenvalue weighted by Crippen LogP contribution is 2.19. The zero-order valence-corrected chi connectivity index (χ0v) is 13.6. The van der Waals surface area contributed by atoms with Crippen molar-refractivity contribution >= 4 is 30.7 Å². The van der Waals surface area contributed by atoms with Crippen molar-refractivity contribution < 1.29 is 22.7 Å². The second-order valence-electron chi connectivity index (χ2n) is 4.93. The van der Waals surface area contributed by atoms with Gasteiger partial charge >= 0.3 is 6.18 Å². The van der Waals surface area contributed by atoms with Gasteiger partial charge in [0.1, 0.15) is 5.56 Å². The third-order valence-corrected chi connectivity index (χ3v) is 2.09. The third kappa shape index (κ3) is 8.91. The first kappa shape index (κ1) is 23.0. The molecule has 0 radical (unpaired) electrons. The predicted octanol–water partition coefficient (Wildman–Crippen LogP) is 2.33. The summed E-state index contributed by atoms with van der Waals surface area (Å²) in [6.45, 7) is 2.07. The molecule has 0 aliphatic heterocycles. The summed E-state index contributed by atoms with van der Waals surface area (Å²) in [6, 6.07) is 2.76. The molecule has 0 aliphatic carbocycles. The van der Waals surface area contributed by atoms with Crippen LogP contribution in [0.25, 0.3) is 0 Å². The molecule has 0 aromatic carbocycles. The number of hydrogen-bond donors (Lipinski definition) is 2. The smallest absolute Gasteiger partial charge is 0.422 e. The Hall–Kier alpha value is -1.25. The molecule has 1 heterocycles. The minimum Gasteiger partial charge on any atom is -0.467 e. The van der Waals surface area contributed by atoms with Crippen LogP contribution in [-0.4, -0.2) is 35.8 Å². The molecule has 1 rings (SSSR count). The van der Waals surface area contributed by atoms with Crippen LogP contribution in [0.1, 0.15) is 24.2 Å². The maximum atomic E-state index is 12.1. The number of carbonyl (C=O) groups is 1. The molecule has 5 nitrogen and oxygen atoms in total. The summed E-state index contributed by atoms with van der Waals surface area (Å²) in [7, 11) is 0. The van der Waals surface area contributed by atoms with Crippen LogP contribution >= 0.6 is 24.8 Å². The second-order valence-corrected chi connectivity index (χ2v) is 4.93. The summed E-state index contributed by atoms with van der Waals surface area (Å²) in [5.41, 5.74) is 5.00. The second kappa shape index (κ2) is 9.02. The molecule has 3 N–H and O–H groups in total. The van der Waals surface area contributed by atoms with Crippen molar-refractivity contribution in [1.82, 2.24) is 10.3 Å². The lowest BCUT2D eigenvalue weighted by molar-refractivity contribution is -0.154. The van der Waals surface area contributed by atoms with Crippen molar-refractivity contribution in [1.29, 1.82) is 0 Å². The Morgan fingerprint density at radius 3 is 2.45 bits per heavy atom. The Labute approximate surface area is 138 Å². The number of nitrogens with one attached hydrogen (secondary N) is 1. The molecular weight excluding hydrogens is 346 g/mol. The van der Waals surface area contributed by atoms with Crippen LogP contribution in [0.4, 0.5) is 13.2 Å². The highest BCUT2D eigenvalue weighted by molar-refractivity contribution is 5.96. The number of amides is 1. The predicted molar refractivity (Wildman–Crippen MR) is 80.9 cm³/mol. The number of rotatable bonds is 5. The first-order valence-electron chi connectivity index (χ1n) is 5.80. The van der Waals surface area contributed by atoms with E-state index < -0.39 is 24.2 Å². The zero-order chi connectivity index (χ0) is 15.4. The van der Waals surface area contributed by atoms with Gasteiger partial charge in [-0.25, -0.2) is 4.98 Å². The molecular formula is C12H18Cl2F3N3O2. The fourth-order valence-corrected chi connectivity index (χ4v) is 1.23. The Balaban J connectivity index is 0. The first-order valence-corrected chi connectivity index (χ1v) is 5.80. The minimum atomic E-state index is -4.50. The van der Waals surface area contributed by atoms with Gasteiger partial charge in [-0.1, -0.05) is 0 Å². The van der Waals surface area contributed by atoms with Gasteiger partial charge < -0.3 is 15.8 Å². The number of pyridine rings is 1. The molecule has 0 unspecified atom stereocenters. The molecule has 22 heavy (non-hydrogen) atoms. The van der Waals surface area contributed by atoms with E-state index in [1.807, 2.05) is 0 Å². The topological polar surface area (TPSA) is 77.2 Å². The minimum absolute atomic E-state index is 0. The molecule has 0 fully saturated rings. The van der Waals surface area contributed by atoms with Crippen LogP contribution in [0.3, 0.4) is 0 Å². The van der Waals surface area contributed by atoms with E-state index in [1.54, 1.807) is 13.8 Å². The van der Waals surface area contributed by atoms with Crippen molar-refractivity contribution in [2.24, 2.45) is 5.73 Å². The molecule has 10 heteroatoms. The van der Waals surface area contributed by atoms with Gasteiger partial charge in [0.25, 0.3) is 5.91 Å². The van der Waals surface area contributed by atoms with Gasteiger partial charge in [0.2, 0.25) is 5.88 Å². The van der Waals surface area contributed by atoms with Crippen LogP contribution in [-0.2, 0) is 0 Å². The molecule has 0 spiro atoms. The van der Waals surface area contributed by atoms with Gasteiger partial charge in [0, 0.05) is 18.3 Å². The summed E-state index contributed by atoms with van der Waals surface area (Å²) in [6.07, 6.45) is -3.25. The van der Waals surface area contributed by atoms with Crippen molar-refractivity contribution in [3.63, 3.8) is 0 Å². The SMILES string of the molecule is CC(C)(N)CNC(=O)c1cccnc1OCC(F)(F)F.Cl.Cl. The van der Waals surface area contributed by atoms with E-state index in [4.69, 9.17) is 5.73 Å². The van der Waals surface area contributed by atoms with Gasteiger partial charge in [-0.05, 0) is 26.0 Å². The number of halogens is 5. The molecule has 0 bridgehead atoms. The normalized spacial score (nSPS) is 11.0. The van der Waals surface area contributed by atoms with E-state index in [2.05, 4.69) is 15.0 Å². The van der Waals surface area contributed by atoms with Crippen LogP contribution in [0.5, 0.6) is 5.88 Å². The van der Waals surface area contributed by atoms with E-state index in [0.717, 1.165) is 0 Å². The summed E-state index contributed by atoms with van der Waals surface area (Å²) in [4.78, 5) is 15.5. The summed E-state index contributed by atoms with van der Waals surface area (Å²) < 4.78 is 40.9. The zero-order valence-electron chi connectivity index (χ0n) is 11.9. The quantitative estimate of drug-likeness (QED) is 0.841. The van der Waals surface area contributed by atoms with E-state index in [-0.39, 0.29) is 42.8 Å². The van der Waals surface area contributed by atoms with E-state index in [0.29, 0.717) is 0 Å². The van der Waals surface area contributed by atoms with Crippen molar-refractivity contribution in [3.05, 3.63) is 23.9 Å². The number of nitrogens with two attached hydrogens (primary N) is 1. The maximum absolute atomic E-state index is 12.1. The monoisotopic (exact) mass is 363 g/mol. The lowest BCUT2D eigenvalue weighted by atomic mass is 10.1. The van der Waals surface area contributed by atoms with Crippen LogP contribution in [0.15, 0.2) is 18.3 Å². The van der Waals surface area contributed by atoms with Gasteiger partial charge in [-0.2, -0.15) is 13.2 Å². The average Bonchev–Trinajstić information content (AvgIpc) is 2.32. The number of ether oxygens (including phenoxy) is 1. The van der Waals surface area contributed by atoms with E-state index in [1.165, 1.54) is 18.3 Å². The fourth-order valence-electron chi connectivity index (χ4n) is 1.23. The van der Waals surface area contributed by atoms with Crippen LogP contribution in [0.2, 0.25) is 0 Å². The third-order valence-electron chi connectivity index (χ3n) is 2.09. The van der Waals surface area contributed by atoms with Crippen molar-refractivity contribution in [2.75, 3.05) is 13.2 Å². The lowest BCUT2D eigenvalue weighted by Gasteiger charge is -2.19. The number of alkyl halides is 3. The average molecular weight is 364 g/mol. The molecule has 128 valence electrons. The van der Waals surface area contributed by atoms with Crippen molar-refractivity contribution in [3.8, 4) is 5.88 Å². The number of nitrogens with zero attached hydrogens (tertiary/aromatic N) is 1. The van der Waals surface area contributed by atoms with Crippen LogP contribution < -0.4 is 15.8 Å². The van der Waals surface area contributed by atoms with Crippen LogP contribution in [0, 0.1) is 0 Å². The Morgan fingerprint density at radius 2 is 1.95 bits per heavy atom. The number of aromatic nitrogens is 1. The van der Waals surface area contributed by atoms with E-state index >= 15 is 0 Å². The lowest BCUT2D eigenvalue weighted by Crippen LogP contribution is -2.45. The molecule has 0 atom stereocenters. The largest absolute Gasteiger partial charge is 0.467 e. The molecule has 1 aromatic heterocycles. The Bertz CT molecular complexity index is 479. The van der Waals surface area contributed by atoms with Crippen molar-refractivity contribution in [2.45, 2.75) is 25.6 Å². The molecule has 1 aromatic rings. The van der Waals surface area contributed by atoms with Gasteiger partial charge in [0.15, 0.2) is 6.61 Å². The molecule has 0 aliphatic rings. The highest BCUT2D eigenvalue weighted by Gasteiger charge is 2.29. The summed E-state index contributed by atoms with van der Waals surface area (Å²) >= 11 is 0. The number of hydrogen-bond acceptors (Lipinski definition) is 4. The molecule has 0 saturated carbocycles. The summed E-state index contributed by atoms with van der Waals surface area (Å²) in [5.74, 6) is -0.953. The highest BCUT2D eigenvalue weighted by atomic mass is 35.5. The Morgan fingerprint density at radius 1 is 1.36 bits per heavy atom. The standard InChI is InChI=1S/C12H16F3N3O2.2ClH/c1-11(2,16)6-18-9(19)8-4-3-5-17-10(8)20-7-12(13,14)15;;/h3-5H,6-7,16H2,1-2H3,(H,18,19);2*1H. The molecule has 1 amide bonds. The van der Waals surface area contributed by atoms with Gasteiger partial charge in [-0.3, -0.25) is 4.79 Å². The van der Waals surface area contributed by atoms with Gasteiger partial charge in [-0.15, -0.1) is 24.8 Å². The molecule has 0 saturated heterocycles. The first-order chi connectivity index (χ1) is 9.08. The maximum Gasteiger partial charge on any atom is 0.422 e. The Kier molecular flexibility index (Phi) is 9.44. The number of carbonyl (C=O) groups excluding carboxylic acids is 1. The summed E-state index contributed by atoms with van der Waals surface area (Å²) in [5, 5.41) is 2.51. The van der Waals surface area contributed by atoms with E-state index in [9.17, 15) is 18.0 Å². The van der Waals surface area contributed by atoms with Gasteiger partial charge in [0.05, 0.1) is 0 Å².